The monoisotopic (exact) mass is 420 g/mol. The molecule has 0 spiro atoms. The SMILES string of the molecule is COC(=O)C12CCC(CNC(=O)C3=CC(C(=O)O)=NC4=C(F)C(C)NN34)(CC1)CC2. The van der Waals surface area contributed by atoms with Gasteiger partial charge >= 0.3 is 11.9 Å². The number of hydrazine groups is 1. The molecule has 1 atom stereocenters. The van der Waals surface area contributed by atoms with Crippen LogP contribution >= 0.6 is 0 Å². The number of carboxylic acids is 1. The van der Waals surface area contributed by atoms with Crippen LogP contribution in [-0.4, -0.2) is 53.4 Å². The molecule has 2 aliphatic heterocycles. The van der Waals surface area contributed by atoms with Crippen molar-refractivity contribution in [1.29, 1.82) is 0 Å². The number of aliphatic imine (C=N–C) groups is 1. The maximum Gasteiger partial charge on any atom is 0.354 e. The van der Waals surface area contributed by atoms with Gasteiger partial charge in [0.25, 0.3) is 5.91 Å². The van der Waals surface area contributed by atoms with Crippen LogP contribution in [0.1, 0.15) is 45.4 Å². The zero-order chi connectivity index (χ0) is 21.7. The van der Waals surface area contributed by atoms with Crippen molar-refractivity contribution in [3.05, 3.63) is 23.4 Å². The van der Waals surface area contributed by atoms with E-state index in [1.807, 2.05) is 0 Å². The van der Waals surface area contributed by atoms with Gasteiger partial charge in [-0.25, -0.2) is 19.6 Å². The van der Waals surface area contributed by atoms with Crippen LogP contribution in [0.2, 0.25) is 0 Å². The second-order valence-electron chi connectivity index (χ2n) is 8.64. The van der Waals surface area contributed by atoms with Crippen LogP contribution in [-0.2, 0) is 19.1 Å². The van der Waals surface area contributed by atoms with E-state index in [0.29, 0.717) is 6.54 Å². The minimum atomic E-state index is -1.34. The Bertz CT molecular complexity index is 884. The zero-order valence-corrected chi connectivity index (χ0v) is 17.0. The Morgan fingerprint density at radius 2 is 1.93 bits per heavy atom. The molecule has 1 unspecified atom stereocenters. The number of carboxylic acid groups (broad SMARTS) is 1. The van der Waals surface area contributed by atoms with Crippen LogP contribution in [0.4, 0.5) is 4.39 Å². The molecule has 0 saturated heterocycles. The Morgan fingerprint density at radius 3 is 2.50 bits per heavy atom. The lowest BCUT2D eigenvalue weighted by molar-refractivity contribution is -0.162. The molecule has 2 heterocycles. The second kappa shape index (κ2) is 7.19. The normalized spacial score (nSPS) is 32.4. The highest BCUT2D eigenvalue weighted by atomic mass is 19.1. The molecule has 3 aliphatic carbocycles. The number of halogens is 1. The first-order valence-corrected chi connectivity index (χ1v) is 10.1. The molecular formula is C20H25FN4O5. The van der Waals surface area contributed by atoms with Gasteiger partial charge in [0.15, 0.2) is 17.4 Å². The number of esters is 1. The molecule has 0 aromatic carbocycles. The summed E-state index contributed by atoms with van der Waals surface area (Å²) in [6.07, 6.45) is 5.76. The summed E-state index contributed by atoms with van der Waals surface area (Å²) < 4.78 is 19.3. The number of methoxy groups -OCH3 is 1. The molecule has 1 amide bonds. The first-order chi connectivity index (χ1) is 14.2. The van der Waals surface area contributed by atoms with Crippen molar-refractivity contribution >= 4 is 23.6 Å². The third-order valence-corrected chi connectivity index (χ3v) is 6.96. The number of fused-ring (bicyclic) bond motifs is 4. The number of nitrogens with one attached hydrogen (secondary N) is 2. The van der Waals surface area contributed by atoms with Crippen LogP contribution in [0.3, 0.4) is 0 Å². The number of carbonyl (C=O) groups is 3. The number of nitrogens with zero attached hydrogens (tertiary/aromatic N) is 2. The summed E-state index contributed by atoms with van der Waals surface area (Å²) in [5.41, 5.74) is 1.89. The van der Waals surface area contributed by atoms with Crippen LogP contribution in [0.15, 0.2) is 28.4 Å². The number of carbonyl (C=O) groups excluding carboxylic acids is 2. The van der Waals surface area contributed by atoms with E-state index in [4.69, 9.17) is 4.74 Å². The lowest BCUT2D eigenvalue weighted by Gasteiger charge is -2.51. The fourth-order valence-corrected chi connectivity index (χ4v) is 4.93. The van der Waals surface area contributed by atoms with Gasteiger partial charge < -0.3 is 15.2 Å². The van der Waals surface area contributed by atoms with Gasteiger partial charge in [0.1, 0.15) is 5.70 Å². The van der Waals surface area contributed by atoms with Gasteiger partial charge in [-0.2, -0.15) is 0 Å². The second-order valence-corrected chi connectivity index (χ2v) is 8.64. The van der Waals surface area contributed by atoms with E-state index < -0.39 is 34.9 Å². The van der Waals surface area contributed by atoms with Crippen LogP contribution in [0.5, 0.6) is 0 Å². The Hall–Kier alpha value is -2.75. The highest BCUT2D eigenvalue weighted by Gasteiger charge is 2.53. The number of amides is 1. The van der Waals surface area contributed by atoms with Gasteiger partial charge in [-0.1, -0.05) is 0 Å². The Kier molecular flexibility index (Phi) is 4.92. The van der Waals surface area contributed by atoms with E-state index >= 15 is 0 Å². The Labute approximate surface area is 173 Å². The first-order valence-electron chi connectivity index (χ1n) is 10.1. The molecule has 9 nitrogen and oxygen atoms in total. The molecule has 0 aromatic rings. The van der Waals surface area contributed by atoms with Crippen molar-refractivity contribution in [3.8, 4) is 0 Å². The van der Waals surface area contributed by atoms with Crippen molar-refractivity contribution < 1.29 is 28.6 Å². The average molecular weight is 420 g/mol. The summed E-state index contributed by atoms with van der Waals surface area (Å²) in [6, 6.07) is -0.713. The van der Waals surface area contributed by atoms with Gasteiger partial charge in [-0.15, -0.1) is 0 Å². The lowest BCUT2D eigenvalue weighted by Crippen LogP contribution is -2.51. The van der Waals surface area contributed by atoms with E-state index in [0.717, 1.165) is 44.6 Å². The third kappa shape index (κ3) is 3.19. The maximum absolute atomic E-state index is 14.3. The number of hydrogen-bond acceptors (Lipinski definition) is 7. The standard InChI is InChI=1S/C20H25FN4O5/c1-11-14(21)15-23-12(17(27)28)9-13(25(15)24-11)16(26)22-10-19-3-6-20(7-4-19,8-5-19)18(29)30-2/h9,11,24H,3-8,10H2,1-2H3,(H,22,26)(H,27,28). The molecule has 5 rings (SSSR count). The molecule has 2 bridgehead atoms. The van der Waals surface area contributed by atoms with Crippen LogP contribution in [0.25, 0.3) is 0 Å². The predicted octanol–water partition coefficient (Wildman–Crippen LogP) is 1.39. The van der Waals surface area contributed by atoms with Crippen LogP contribution < -0.4 is 10.7 Å². The van der Waals surface area contributed by atoms with E-state index in [2.05, 4.69) is 15.7 Å². The number of aliphatic carboxylic acids is 1. The summed E-state index contributed by atoms with van der Waals surface area (Å²) in [5.74, 6) is -2.81. The molecular weight excluding hydrogens is 395 g/mol. The fraction of sp³-hybridized carbons (Fsp3) is 0.600. The minimum absolute atomic E-state index is 0.0103. The van der Waals surface area contributed by atoms with Gasteiger partial charge in [0.2, 0.25) is 0 Å². The zero-order valence-electron chi connectivity index (χ0n) is 17.0. The highest BCUT2D eigenvalue weighted by molar-refractivity contribution is 6.41. The lowest BCUT2D eigenvalue weighted by atomic mass is 9.53. The van der Waals surface area contributed by atoms with Gasteiger partial charge in [0, 0.05) is 12.6 Å². The van der Waals surface area contributed by atoms with Crippen molar-refractivity contribution in [2.75, 3.05) is 13.7 Å². The molecule has 3 N–H and O–H groups in total. The summed E-state index contributed by atoms with van der Waals surface area (Å²) in [5, 5.41) is 13.4. The summed E-state index contributed by atoms with van der Waals surface area (Å²) in [4.78, 5) is 40.3. The summed E-state index contributed by atoms with van der Waals surface area (Å²) in [7, 11) is 1.42. The summed E-state index contributed by atoms with van der Waals surface area (Å²) in [6.45, 7) is 1.97. The largest absolute Gasteiger partial charge is 0.477 e. The van der Waals surface area contributed by atoms with E-state index in [1.54, 1.807) is 6.92 Å². The average Bonchev–Trinajstić information content (AvgIpc) is 3.05. The predicted molar refractivity (Wildman–Crippen MR) is 103 cm³/mol. The highest BCUT2D eigenvalue weighted by Crippen LogP contribution is 2.57. The Morgan fingerprint density at radius 1 is 1.30 bits per heavy atom. The topological polar surface area (TPSA) is 120 Å². The van der Waals surface area contributed by atoms with Gasteiger partial charge in [0.05, 0.1) is 18.6 Å². The number of ether oxygens (including phenoxy) is 1. The molecule has 10 heteroatoms. The maximum atomic E-state index is 14.3. The molecule has 0 aromatic heterocycles. The quantitative estimate of drug-likeness (QED) is 0.575. The molecule has 162 valence electrons. The fourth-order valence-electron chi connectivity index (χ4n) is 4.93. The third-order valence-electron chi connectivity index (χ3n) is 6.96. The molecule has 3 saturated carbocycles. The smallest absolute Gasteiger partial charge is 0.354 e. The number of hydrogen-bond donors (Lipinski definition) is 3. The van der Waals surface area contributed by atoms with E-state index in [-0.39, 0.29) is 22.9 Å². The molecule has 0 radical (unpaired) electrons. The van der Waals surface area contributed by atoms with E-state index in [9.17, 15) is 23.9 Å². The van der Waals surface area contributed by atoms with Crippen molar-refractivity contribution in [2.45, 2.75) is 51.5 Å². The first kappa shape index (κ1) is 20.5. The number of rotatable bonds is 5. The van der Waals surface area contributed by atoms with Crippen LogP contribution in [0, 0.1) is 10.8 Å². The van der Waals surface area contributed by atoms with Gasteiger partial charge in [-0.3, -0.25) is 14.6 Å². The molecule has 5 aliphatic rings. The molecule has 30 heavy (non-hydrogen) atoms. The van der Waals surface area contributed by atoms with E-state index in [1.165, 1.54) is 12.1 Å². The summed E-state index contributed by atoms with van der Waals surface area (Å²) >= 11 is 0. The minimum Gasteiger partial charge on any atom is -0.477 e. The Balaban J connectivity index is 1.47. The van der Waals surface area contributed by atoms with Crippen molar-refractivity contribution in [1.82, 2.24) is 15.8 Å². The van der Waals surface area contributed by atoms with Gasteiger partial charge in [-0.05, 0) is 50.9 Å². The van der Waals surface area contributed by atoms with Crippen molar-refractivity contribution in [2.24, 2.45) is 15.8 Å². The van der Waals surface area contributed by atoms with Crippen molar-refractivity contribution in [3.63, 3.8) is 0 Å². The molecule has 3 fully saturated rings.